The van der Waals surface area contributed by atoms with Crippen molar-refractivity contribution in [1.29, 1.82) is 0 Å². The van der Waals surface area contributed by atoms with Crippen LogP contribution in [0.5, 0.6) is 0 Å². The van der Waals surface area contributed by atoms with Gasteiger partial charge >= 0.3 is 0 Å². The molecular weight excluding hydrogens is 578 g/mol. The number of carbonyl (C=O) groups excluding carboxylic acids is 4. The van der Waals surface area contributed by atoms with Crippen LogP contribution < -0.4 is 21.3 Å². The van der Waals surface area contributed by atoms with Gasteiger partial charge < -0.3 is 31.3 Å². The van der Waals surface area contributed by atoms with Crippen LogP contribution in [0.4, 0.5) is 0 Å². The lowest BCUT2D eigenvalue weighted by Gasteiger charge is -2.36. The standard InChI is InChI=1S/C33H53N5O5S/c1-31(2,3)19-35-29(42)26-33(7,8)44-20-38(26)30(43)24(39)23(18-21-14-10-9-11-15-21)36-28(41)25(32(4,5)6)37-27(40)22-16-12-13-17-34-22/h9-11,14-15,22-26,34,39H,12-13,16-20H2,1-8H3,(H,35,42)(H,36,41)(H,37,40)/t22?,23-,24-,25+,26+/m0/s1. The van der Waals surface area contributed by atoms with Gasteiger partial charge in [0, 0.05) is 11.3 Å². The van der Waals surface area contributed by atoms with Gasteiger partial charge in [0.25, 0.3) is 5.91 Å². The van der Waals surface area contributed by atoms with Crippen molar-refractivity contribution in [1.82, 2.24) is 26.2 Å². The Morgan fingerprint density at radius 1 is 1.02 bits per heavy atom. The predicted octanol–water partition coefficient (Wildman–Crippen LogP) is 2.59. The van der Waals surface area contributed by atoms with Gasteiger partial charge in [-0.1, -0.05) is 78.3 Å². The summed E-state index contributed by atoms with van der Waals surface area (Å²) >= 11 is 1.47. The van der Waals surface area contributed by atoms with E-state index in [-0.39, 0.29) is 35.6 Å². The maximum Gasteiger partial charge on any atom is 0.254 e. The summed E-state index contributed by atoms with van der Waals surface area (Å²) in [6.45, 7) is 16.7. The lowest BCUT2D eigenvalue weighted by atomic mass is 9.85. The molecule has 0 spiro atoms. The third-order valence-corrected chi connectivity index (χ3v) is 9.55. The zero-order valence-electron chi connectivity index (χ0n) is 27.7. The van der Waals surface area contributed by atoms with Crippen LogP contribution in [0.25, 0.3) is 0 Å². The quantitative estimate of drug-likeness (QED) is 0.268. The lowest BCUT2D eigenvalue weighted by Crippen LogP contribution is -2.62. The van der Waals surface area contributed by atoms with E-state index in [1.807, 2.05) is 85.7 Å². The molecule has 1 unspecified atom stereocenters. The molecule has 0 saturated carbocycles. The molecular formula is C33H53N5O5S. The first-order valence-corrected chi connectivity index (χ1v) is 16.7. The fourth-order valence-corrected chi connectivity index (χ4v) is 6.71. The summed E-state index contributed by atoms with van der Waals surface area (Å²) in [6, 6.07) is 6.24. The van der Waals surface area contributed by atoms with E-state index in [1.54, 1.807) is 0 Å². The highest BCUT2D eigenvalue weighted by Gasteiger charge is 2.50. The van der Waals surface area contributed by atoms with Crippen LogP contribution in [0.15, 0.2) is 30.3 Å². The minimum atomic E-state index is -1.62. The summed E-state index contributed by atoms with van der Waals surface area (Å²) in [7, 11) is 0. The monoisotopic (exact) mass is 631 g/mol. The van der Waals surface area contributed by atoms with Crippen molar-refractivity contribution >= 4 is 35.4 Å². The van der Waals surface area contributed by atoms with E-state index >= 15 is 0 Å². The molecule has 2 aliphatic heterocycles. The Bertz CT molecular complexity index is 1160. The summed E-state index contributed by atoms with van der Waals surface area (Å²) in [4.78, 5) is 55.8. The molecule has 2 heterocycles. The number of hydrogen-bond acceptors (Lipinski definition) is 7. The Kier molecular flexibility index (Phi) is 11.9. The second-order valence-electron chi connectivity index (χ2n) is 14.9. The third-order valence-electron chi connectivity index (χ3n) is 8.17. The minimum absolute atomic E-state index is 0.142. The molecule has 2 aliphatic rings. The van der Waals surface area contributed by atoms with Crippen LogP contribution >= 0.6 is 11.8 Å². The number of hydrogen-bond donors (Lipinski definition) is 5. The summed E-state index contributed by atoms with van der Waals surface area (Å²) < 4.78 is -0.579. The largest absolute Gasteiger partial charge is 0.381 e. The second-order valence-corrected chi connectivity index (χ2v) is 16.5. The van der Waals surface area contributed by atoms with Crippen molar-refractivity contribution in [3.63, 3.8) is 0 Å². The molecule has 11 heteroatoms. The fourth-order valence-electron chi connectivity index (χ4n) is 5.57. The van der Waals surface area contributed by atoms with E-state index in [0.717, 1.165) is 24.9 Å². The van der Waals surface area contributed by atoms with E-state index in [4.69, 9.17) is 0 Å². The van der Waals surface area contributed by atoms with E-state index in [0.29, 0.717) is 13.0 Å². The maximum atomic E-state index is 14.0. The van der Waals surface area contributed by atoms with E-state index in [1.165, 1.54) is 16.7 Å². The molecule has 3 rings (SSSR count). The average Bonchev–Trinajstić information content (AvgIpc) is 3.27. The molecule has 10 nitrogen and oxygen atoms in total. The zero-order valence-corrected chi connectivity index (χ0v) is 28.5. The number of piperidine rings is 1. The molecule has 0 aliphatic carbocycles. The fraction of sp³-hybridized carbons (Fsp3) is 0.697. The number of rotatable bonds is 10. The summed E-state index contributed by atoms with van der Waals surface area (Å²) in [5.74, 6) is -1.38. The highest BCUT2D eigenvalue weighted by Crippen LogP contribution is 2.40. The van der Waals surface area contributed by atoms with Crippen molar-refractivity contribution in [2.24, 2.45) is 10.8 Å². The van der Waals surface area contributed by atoms with Crippen LogP contribution in [-0.4, -0.2) is 87.6 Å². The van der Waals surface area contributed by atoms with Crippen LogP contribution in [0.2, 0.25) is 0 Å². The van der Waals surface area contributed by atoms with Crippen molar-refractivity contribution in [2.45, 2.75) is 116 Å². The first kappa shape index (κ1) is 35.8. The van der Waals surface area contributed by atoms with Gasteiger partial charge in [-0.2, -0.15) is 0 Å². The number of amides is 4. The van der Waals surface area contributed by atoms with Gasteiger partial charge in [-0.15, -0.1) is 11.8 Å². The molecule has 0 radical (unpaired) electrons. The van der Waals surface area contributed by atoms with Gasteiger partial charge in [0.2, 0.25) is 17.7 Å². The van der Waals surface area contributed by atoms with Crippen molar-refractivity contribution in [3.8, 4) is 0 Å². The normalized spacial score (nSPS) is 22.4. The number of benzene rings is 1. The molecule has 0 bridgehead atoms. The van der Waals surface area contributed by atoms with Crippen molar-refractivity contribution in [3.05, 3.63) is 35.9 Å². The van der Waals surface area contributed by atoms with Gasteiger partial charge in [0.15, 0.2) is 6.10 Å². The summed E-state index contributed by atoms with van der Waals surface area (Å²) in [5, 5.41) is 23.6. The van der Waals surface area contributed by atoms with E-state index in [9.17, 15) is 24.3 Å². The van der Waals surface area contributed by atoms with Crippen LogP contribution in [0.3, 0.4) is 0 Å². The molecule has 1 aromatic carbocycles. The first-order chi connectivity index (χ1) is 20.4. The van der Waals surface area contributed by atoms with Crippen molar-refractivity contribution < 1.29 is 24.3 Å². The highest BCUT2D eigenvalue weighted by atomic mass is 32.2. The highest BCUT2D eigenvalue weighted by molar-refractivity contribution is 8.00. The molecule has 44 heavy (non-hydrogen) atoms. The average molecular weight is 632 g/mol. The van der Waals surface area contributed by atoms with Gasteiger partial charge in [-0.3, -0.25) is 19.2 Å². The van der Waals surface area contributed by atoms with Crippen molar-refractivity contribution in [2.75, 3.05) is 19.0 Å². The number of carbonyl (C=O) groups is 4. The topological polar surface area (TPSA) is 140 Å². The Morgan fingerprint density at radius 2 is 1.68 bits per heavy atom. The van der Waals surface area contributed by atoms with Gasteiger partial charge in [-0.05, 0) is 56.0 Å². The molecule has 246 valence electrons. The Hall–Kier alpha value is -2.63. The smallest absolute Gasteiger partial charge is 0.254 e. The minimum Gasteiger partial charge on any atom is -0.381 e. The van der Waals surface area contributed by atoms with Gasteiger partial charge in [-0.25, -0.2) is 0 Å². The van der Waals surface area contributed by atoms with Gasteiger partial charge in [0.1, 0.15) is 12.1 Å². The number of nitrogens with zero attached hydrogens (tertiary/aromatic N) is 1. The predicted molar refractivity (Wildman–Crippen MR) is 175 cm³/mol. The lowest BCUT2D eigenvalue weighted by molar-refractivity contribution is -0.148. The Labute approximate surface area is 267 Å². The van der Waals surface area contributed by atoms with E-state index in [2.05, 4.69) is 21.3 Å². The third kappa shape index (κ3) is 9.68. The number of aliphatic hydroxyl groups excluding tert-OH is 1. The molecule has 2 saturated heterocycles. The Balaban J connectivity index is 1.85. The van der Waals surface area contributed by atoms with Gasteiger partial charge in [0.05, 0.1) is 18.0 Å². The van der Waals surface area contributed by atoms with Crippen LogP contribution in [0, 0.1) is 10.8 Å². The zero-order chi connectivity index (χ0) is 32.9. The number of thioether (sulfide) groups is 1. The maximum absolute atomic E-state index is 14.0. The molecule has 4 amide bonds. The second kappa shape index (κ2) is 14.6. The summed E-state index contributed by atoms with van der Waals surface area (Å²) in [6.07, 6.45) is 1.20. The van der Waals surface area contributed by atoms with Crippen LogP contribution in [-0.2, 0) is 25.6 Å². The van der Waals surface area contributed by atoms with Crippen LogP contribution in [0.1, 0.15) is 80.2 Å². The molecule has 5 atom stereocenters. The molecule has 1 aromatic rings. The summed E-state index contributed by atoms with van der Waals surface area (Å²) in [5.41, 5.74) is 0.0341. The molecule has 5 N–H and O–H groups in total. The molecule has 0 aromatic heterocycles. The Morgan fingerprint density at radius 3 is 2.25 bits per heavy atom. The molecule has 2 fully saturated rings. The SMILES string of the molecule is CC(C)(C)CNC(=O)[C@H]1N(C(=O)[C@@H](O)[C@H](Cc2ccccc2)NC(=O)[C@@H](NC(=O)C2CCCCN2)C(C)(C)C)CSC1(C)C. The number of aliphatic hydroxyl groups is 1. The van der Waals surface area contributed by atoms with E-state index < -0.39 is 46.2 Å². The number of nitrogens with one attached hydrogen (secondary N) is 4. The first-order valence-electron chi connectivity index (χ1n) is 15.7.